The van der Waals surface area contributed by atoms with Gasteiger partial charge in [-0.15, -0.1) is 0 Å². The van der Waals surface area contributed by atoms with Crippen LogP contribution in [0.2, 0.25) is 0 Å². The third-order valence-corrected chi connectivity index (χ3v) is 39.6. The molecule has 0 aliphatic heterocycles. The molecule has 0 N–H and O–H groups in total. The Bertz CT molecular complexity index is 4810. The molecule has 0 amide bonds. The van der Waals surface area contributed by atoms with Gasteiger partial charge in [-0.05, 0) is 399 Å². The van der Waals surface area contributed by atoms with Crippen LogP contribution in [0.25, 0.3) is 0 Å². The largest absolute Gasteiger partial charge is 0.496 e. The summed E-state index contributed by atoms with van der Waals surface area (Å²) in [5.41, 5.74) is 18.2. The fourth-order valence-electron chi connectivity index (χ4n) is 23.0. The van der Waals surface area contributed by atoms with Crippen molar-refractivity contribution in [3.63, 3.8) is 0 Å². The average molecular weight is 1890 g/mol. The average Bonchev–Trinajstić information content (AvgIpc) is 1.37. The van der Waals surface area contributed by atoms with Crippen LogP contribution >= 0.6 is 31.7 Å². The van der Waals surface area contributed by atoms with Gasteiger partial charge in [0.25, 0.3) is 0 Å². The van der Waals surface area contributed by atoms with Gasteiger partial charge in [-0.3, -0.25) is 0 Å². The van der Waals surface area contributed by atoms with Gasteiger partial charge in [-0.2, -0.15) is 0 Å². The van der Waals surface area contributed by atoms with E-state index in [4.69, 9.17) is 18.9 Å². The molecule has 4 aliphatic rings. The van der Waals surface area contributed by atoms with E-state index >= 15 is 0 Å². The molecule has 8 unspecified atom stereocenters. The minimum atomic E-state index is -0.576. The molecule has 16 rings (SSSR count). The second-order valence-corrected chi connectivity index (χ2v) is 46.9. The molecule has 0 saturated heterocycles. The zero-order valence-electron chi connectivity index (χ0n) is 81.0. The third-order valence-electron chi connectivity index (χ3n) is 27.7. The standard InChI is InChI=1S/2C32H42NO2P.2C26H30NP.2Fe/c2*1-21-17-26(18-22(2)31(21)34-7)36(27-19-23(3)32(35-8)24(4)20-27)29-16-12-15-28(29)30(33(5)6)25-13-10-9-11-14-25;2*1-27(2)26(21-13-6-3-7-14-21)24-19-12-20-25(24)28(22-15-8-4-9-16-22)23-17-10-5-11-18-23;;/h2*9-11,13-14,17-20,28-30H,12,15-16H2,1-8H3;2*3-11,13-18,24-26H,12,19-20H2,1-2H3;;/t2*28?,29?,30-;2*24?,25?,26-;;/m1111../s1. The molecule has 12 aromatic rings. The summed E-state index contributed by atoms with van der Waals surface area (Å²) in [4.78, 5) is 9.78. The summed E-state index contributed by atoms with van der Waals surface area (Å²) >= 11 is 0. The van der Waals surface area contributed by atoms with Gasteiger partial charge in [-0.25, -0.2) is 0 Å². The number of nitrogens with zero attached hydrogens (tertiary/aromatic N) is 4. The summed E-state index contributed by atoms with van der Waals surface area (Å²) in [6, 6.07) is 110. The van der Waals surface area contributed by atoms with Crippen LogP contribution in [0.5, 0.6) is 23.0 Å². The van der Waals surface area contributed by atoms with Crippen LogP contribution in [-0.4, -0.2) is 127 Å². The van der Waals surface area contributed by atoms with Crippen molar-refractivity contribution in [1.82, 2.24) is 19.6 Å². The Morgan fingerprint density at radius 3 is 0.508 bits per heavy atom. The van der Waals surface area contributed by atoms with E-state index in [9.17, 15) is 0 Å². The quantitative estimate of drug-likeness (QED) is 0.0355. The van der Waals surface area contributed by atoms with Gasteiger partial charge in [0.2, 0.25) is 0 Å². The van der Waals surface area contributed by atoms with Gasteiger partial charge in [0.1, 0.15) is 23.0 Å². The molecule has 130 heavy (non-hydrogen) atoms. The van der Waals surface area contributed by atoms with E-state index in [0.29, 0.717) is 70.5 Å². The van der Waals surface area contributed by atoms with E-state index in [0.717, 1.165) is 23.0 Å². The van der Waals surface area contributed by atoms with E-state index < -0.39 is 15.8 Å². The van der Waals surface area contributed by atoms with Crippen molar-refractivity contribution in [3.05, 3.63) is 358 Å². The minimum Gasteiger partial charge on any atom is -0.496 e. The van der Waals surface area contributed by atoms with Crippen LogP contribution in [0.1, 0.15) is 168 Å². The van der Waals surface area contributed by atoms with Crippen molar-refractivity contribution in [3.8, 4) is 23.0 Å². The van der Waals surface area contributed by atoms with Gasteiger partial charge >= 0.3 is 0 Å². The molecule has 12 aromatic carbocycles. The molecule has 0 spiro atoms. The van der Waals surface area contributed by atoms with E-state index in [1.54, 1.807) is 28.4 Å². The van der Waals surface area contributed by atoms with Crippen LogP contribution in [0.4, 0.5) is 0 Å². The van der Waals surface area contributed by atoms with Crippen LogP contribution in [0.3, 0.4) is 0 Å². The Hall–Kier alpha value is -7.56. The SMILES string of the molecule is CN(C)[C@H](c1ccccc1)C1CCCC1P(c1ccccc1)c1ccccc1.CN(C)[C@H](c1ccccc1)C1CCCC1P(c1ccccc1)c1ccccc1.COc1c(C)cc(P(c2cc(C)c(OC)c(C)c2)C2CCCC2[C@@H](c2ccccc2)N(C)C)cc1C.COc1c(C)cc(P(c2cc(C)c(OC)c(C)c2)C2CCCC2[C@@H](c2ccccc2)N(C)C)cc1C.[Fe].[Fe]. The normalized spacial score (nSPS) is 19.2. The first-order chi connectivity index (χ1) is 62.0. The van der Waals surface area contributed by atoms with Crippen LogP contribution in [0, 0.1) is 79.1 Å². The summed E-state index contributed by atoms with van der Waals surface area (Å²) in [5, 5.41) is 11.9. The number of aryl methyl sites for hydroxylation is 8. The van der Waals surface area contributed by atoms with E-state index in [-0.39, 0.29) is 50.0 Å². The van der Waals surface area contributed by atoms with Crippen molar-refractivity contribution in [1.29, 1.82) is 0 Å². The summed E-state index contributed by atoms with van der Waals surface area (Å²) in [6.45, 7) is 17.5. The third kappa shape index (κ3) is 24.6. The van der Waals surface area contributed by atoms with Crippen molar-refractivity contribution in [2.24, 2.45) is 23.7 Å². The van der Waals surface area contributed by atoms with Crippen LogP contribution in [-0.2, 0) is 34.1 Å². The van der Waals surface area contributed by atoms with Crippen molar-refractivity contribution >= 4 is 74.1 Å². The topological polar surface area (TPSA) is 49.9 Å². The number of hydrogen-bond donors (Lipinski definition) is 0. The fourth-order valence-corrected chi connectivity index (χ4v) is 36.4. The molecule has 12 atom stereocenters. The predicted molar refractivity (Wildman–Crippen MR) is 556 cm³/mol. The summed E-state index contributed by atoms with van der Waals surface area (Å²) < 4.78 is 23.0. The minimum absolute atomic E-state index is 0. The van der Waals surface area contributed by atoms with E-state index in [1.807, 2.05) is 0 Å². The van der Waals surface area contributed by atoms with E-state index in [2.05, 4.69) is 423 Å². The molecule has 4 aliphatic carbocycles. The Kier molecular flexibility index (Phi) is 39.3. The Morgan fingerprint density at radius 2 is 0.362 bits per heavy atom. The molecule has 8 nitrogen and oxygen atoms in total. The van der Waals surface area contributed by atoms with Gasteiger partial charge in [0, 0.05) is 58.3 Å². The zero-order chi connectivity index (χ0) is 90.7. The maximum absolute atomic E-state index is 5.74. The van der Waals surface area contributed by atoms with Gasteiger partial charge in [0.05, 0.1) is 28.4 Å². The number of rotatable bonds is 28. The van der Waals surface area contributed by atoms with Crippen molar-refractivity contribution < 1.29 is 53.1 Å². The number of hydrogen-bond acceptors (Lipinski definition) is 8. The first-order valence-electron chi connectivity index (χ1n) is 46.9. The molecule has 0 radical (unpaired) electrons. The van der Waals surface area contributed by atoms with Gasteiger partial charge in [-0.1, -0.05) is 268 Å². The number of ether oxygens (including phenoxy) is 4. The molecule has 14 heteroatoms. The number of methoxy groups -OCH3 is 4. The van der Waals surface area contributed by atoms with E-state index in [1.165, 1.54) is 186 Å². The smallest absolute Gasteiger partial charge is 0.124 e. The Morgan fingerprint density at radius 1 is 0.215 bits per heavy atom. The molecule has 4 fully saturated rings. The molecular weight excluding hydrogens is 1750 g/mol. The van der Waals surface area contributed by atoms with Crippen LogP contribution < -0.4 is 61.4 Å². The van der Waals surface area contributed by atoms with Gasteiger partial charge < -0.3 is 38.5 Å². The molecule has 0 bridgehead atoms. The van der Waals surface area contributed by atoms with Crippen molar-refractivity contribution in [2.75, 3.05) is 84.8 Å². The Balaban J connectivity index is 0.000000168. The second kappa shape index (κ2) is 49.6. The first kappa shape index (κ1) is 103. The van der Waals surface area contributed by atoms with Crippen molar-refractivity contribution in [2.45, 2.75) is 179 Å². The molecule has 0 aromatic heterocycles. The predicted octanol–water partition coefficient (Wildman–Crippen LogP) is 24.9. The molecule has 4 saturated carbocycles. The first-order valence-corrected chi connectivity index (χ1v) is 52.5. The summed E-state index contributed by atoms with van der Waals surface area (Å²) in [6.07, 6.45) is 15.6. The molecule has 688 valence electrons. The summed E-state index contributed by atoms with van der Waals surface area (Å²) in [5.74, 6) is 6.59. The summed E-state index contributed by atoms with van der Waals surface area (Å²) in [7, 11) is 23.2. The molecule has 0 heterocycles. The van der Waals surface area contributed by atoms with Crippen LogP contribution in [0.15, 0.2) is 291 Å². The Labute approximate surface area is 809 Å². The monoisotopic (exact) mass is 1890 g/mol. The number of benzene rings is 12. The second-order valence-electron chi connectivity index (χ2n) is 37.2. The fraction of sp³-hybridized carbons (Fsp3) is 0.379. The van der Waals surface area contributed by atoms with Gasteiger partial charge in [0.15, 0.2) is 0 Å². The maximum Gasteiger partial charge on any atom is 0.124 e. The maximum atomic E-state index is 5.74. The molecular formula is C116H144Fe2N4O4P4. The zero-order valence-corrected chi connectivity index (χ0v) is 86.8.